The van der Waals surface area contributed by atoms with Crippen molar-refractivity contribution in [3.63, 3.8) is 0 Å². The Balaban J connectivity index is 1.44. The maximum Gasteiger partial charge on any atom is 0.227 e. The normalized spacial score (nSPS) is 11.8. The first-order valence-corrected chi connectivity index (χ1v) is 10.7. The molecule has 0 spiro atoms. The molecule has 0 N–H and O–H groups in total. The molecule has 0 amide bonds. The summed E-state index contributed by atoms with van der Waals surface area (Å²) in [4.78, 5) is 9.54. The largest absolute Gasteiger partial charge is 0.436 e. The Kier molecular flexibility index (Phi) is 4.32. The van der Waals surface area contributed by atoms with Crippen molar-refractivity contribution >= 4 is 44.5 Å². The van der Waals surface area contributed by atoms with Crippen LogP contribution in [0.2, 0.25) is 0 Å². The summed E-state index contributed by atoms with van der Waals surface area (Å²) in [7, 11) is 0. The summed E-state index contributed by atoms with van der Waals surface area (Å²) in [6.45, 7) is 2.06. The molecule has 3 nitrogen and oxygen atoms in total. The summed E-state index contributed by atoms with van der Waals surface area (Å²) in [5.74, 6) is 0.638. The van der Waals surface area contributed by atoms with E-state index in [1.807, 2.05) is 42.6 Å². The Hall–Kier alpha value is -4.24. The van der Waals surface area contributed by atoms with Gasteiger partial charge >= 0.3 is 0 Å². The van der Waals surface area contributed by atoms with Crippen molar-refractivity contribution in [3.8, 4) is 11.5 Å². The maximum absolute atomic E-state index is 6.01. The highest BCUT2D eigenvalue weighted by Gasteiger charge is 2.11. The second kappa shape index (κ2) is 7.47. The zero-order valence-corrected chi connectivity index (χ0v) is 17.6. The van der Waals surface area contributed by atoms with Gasteiger partial charge in [0.2, 0.25) is 5.89 Å². The quantitative estimate of drug-likeness (QED) is 0.219. The van der Waals surface area contributed by atoms with Gasteiger partial charge in [-0.3, -0.25) is 4.99 Å². The minimum atomic E-state index is 0.638. The highest BCUT2D eigenvalue weighted by atomic mass is 16.3. The standard InChI is InChI=1S/C29H20N2O/c1-19-8-2-5-11-23(19)29-31-27-17-22(14-15-28(27)32-29)30-18-26-24-12-6-3-9-20(24)16-21-10-4-7-13-25(21)26/h2-18H,1H3. The molecule has 0 saturated heterocycles. The second-order valence-corrected chi connectivity index (χ2v) is 7.98. The number of nitrogens with zero attached hydrogens (tertiary/aromatic N) is 2. The summed E-state index contributed by atoms with van der Waals surface area (Å²) in [5.41, 5.74) is 5.69. The van der Waals surface area contributed by atoms with E-state index in [0.29, 0.717) is 5.89 Å². The van der Waals surface area contributed by atoms with Gasteiger partial charge in [0.1, 0.15) is 5.52 Å². The smallest absolute Gasteiger partial charge is 0.227 e. The third-order valence-corrected chi connectivity index (χ3v) is 5.90. The Bertz CT molecular complexity index is 1590. The fraction of sp³-hybridized carbons (Fsp3) is 0.0345. The lowest BCUT2D eigenvalue weighted by Crippen LogP contribution is -1.88. The Labute approximate surface area is 185 Å². The predicted octanol–water partition coefficient (Wildman–Crippen LogP) is 7.86. The van der Waals surface area contributed by atoms with Crippen LogP contribution in [-0.4, -0.2) is 11.2 Å². The van der Waals surface area contributed by atoms with Gasteiger partial charge in [-0.1, -0.05) is 66.7 Å². The Morgan fingerprint density at radius 2 is 1.44 bits per heavy atom. The van der Waals surface area contributed by atoms with Gasteiger partial charge in [-0.25, -0.2) is 4.98 Å². The molecule has 0 bridgehead atoms. The molecule has 0 fully saturated rings. The minimum Gasteiger partial charge on any atom is -0.436 e. The van der Waals surface area contributed by atoms with Crippen molar-refractivity contribution in [3.05, 3.63) is 108 Å². The highest BCUT2D eigenvalue weighted by Crippen LogP contribution is 2.30. The third-order valence-electron chi connectivity index (χ3n) is 5.90. The number of hydrogen-bond donors (Lipinski definition) is 0. The zero-order valence-electron chi connectivity index (χ0n) is 17.6. The van der Waals surface area contributed by atoms with Crippen LogP contribution in [0.1, 0.15) is 11.1 Å². The SMILES string of the molecule is Cc1ccccc1-c1nc2cc(N=Cc3c4ccccc4cc4ccccc34)ccc2o1. The van der Waals surface area contributed by atoms with Gasteiger partial charge in [0, 0.05) is 17.3 Å². The summed E-state index contributed by atoms with van der Waals surface area (Å²) in [6.07, 6.45) is 1.97. The van der Waals surface area contributed by atoms with E-state index in [-0.39, 0.29) is 0 Å². The van der Waals surface area contributed by atoms with Crippen LogP contribution >= 0.6 is 0 Å². The van der Waals surface area contributed by atoms with Crippen LogP contribution in [0.4, 0.5) is 5.69 Å². The number of benzene rings is 5. The van der Waals surface area contributed by atoms with E-state index < -0.39 is 0 Å². The fourth-order valence-corrected chi connectivity index (χ4v) is 4.25. The molecule has 0 aliphatic rings. The summed E-state index contributed by atoms with van der Waals surface area (Å²) in [6, 6.07) is 33.1. The van der Waals surface area contributed by atoms with E-state index in [2.05, 4.69) is 67.6 Å². The first kappa shape index (κ1) is 18.5. The average molecular weight is 412 g/mol. The first-order valence-electron chi connectivity index (χ1n) is 10.7. The lowest BCUT2D eigenvalue weighted by molar-refractivity contribution is 0.619. The number of aromatic nitrogens is 1. The third kappa shape index (κ3) is 3.15. The van der Waals surface area contributed by atoms with Crippen LogP contribution in [0.5, 0.6) is 0 Å². The summed E-state index contributed by atoms with van der Waals surface area (Å²) >= 11 is 0. The number of rotatable bonds is 3. The van der Waals surface area contributed by atoms with Crippen LogP contribution < -0.4 is 0 Å². The second-order valence-electron chi connectivity index (χ2n) is 7.98. The van der Waals surface area contributed by atoms with Crippen LogP contribution in [0, 0.1) is 6.92 Å². The molecule has 0 saturated carbocycles. The van der Waals surface area contributed by atoms with Crippen molar-refractivity contribution in [2.45, 2.75) is 6.92 Å². The molecule has 32 heavy (non-hydrogen) atoms. The van der Waals surface area contributed by atoms with Gasteiger partial charge in [-0.2, -0.15) is 0 Å². The van der Waals surface area contributed by atoms with Crippen molar-refractivity contribution in [2.24, 2.45) is 4.99 Å². The van der Waals surface area contributed by atoms with Crippen molar-refractivity contribution < 1.29 is 4.42 Å². The lowest BCUT2D eigenvalue weighted by Gasteiger charge is -2.07. The molecule has 0 unspecified atom stereocenters. The number of oxazole rings is 1. The molecule has 0 aliphatic carbocycles. The van der Waals surface area contributed by atoms with E-state index in [9.17, 15) is 0 Å². The molecular formula is C29H20N2O. The van der Waals surface area contributed by atoms with Gasteiger partial charge in [-0.05, 0) is 64.4 Å². The highest BCUT2D eigenvalue weighted by molar-refractivity contribution is 6.13. The monoisotopic (exact) mass is 412 g/mol. The molecule has 1 heterocycles. The van der Waals surface area contributed by atoms with E-state index in [1.165, 1.54) is 21.5 Å². The van der Waals surface area contributed by atoms with E-state index >= 15 is 0 Å². The van der Waals surface area contributed by atoms with Crippen LogP contribution in [0.15, 0.2) is 106 Å². The van der Waals surface area contributed by atoms with Gasteiger partial charge in [0.25, 0.3) is 0 Å². The van der Waals surface area contributed by atoms with Gasteiger partial charge < -0.3 is 4.42 Å². The molecule has 6 rings (SSSR count). The van der Waals surface area contributed by atoms with Crippen LogP contribution in [-0.2, 0) is 0 Å². The topological polar surface area (TPSA) is 38.4 Å². The molecule has 5 aromatic carbocycles. The molecule has 0 radical (unpaired) electrons. The van der Waals surface area contributed by atoms with Crippen molar-refractivity contribution in [2.75, 3.05) is 0 Å². The fourth-order valence-electron chi connectivity index (χ4n) is 4.25. The van der Waals surface area contributed by atoms with Gasteiger partial charge in [0.15, 0.2) is 5.58 Å². The molecule has 0 atom stereocenters. The van der Waals surface area contributed by atoms with E-state index in [4.69, 9.17) is 14.4 Å². The number of aliphatic imine (C=N–C) groups is 1. The van der Waals surface area contributed by atoms with Crippen LogP contribution in [0.3, 0.4) is 0 Å². The Morgan fingerprint density at radius 1 is 0.750 bits per heavy atom. The molecule has 1 aromatic heterocycles. The summed E-state index contributed by atoms with van der Waals surface area (Å²) < 4.78 is 6.01. The number of aryl methyl sites for hydroxylation is 1. The number of hydrogen-bond acceptors (Lipinski definition) is 3. The van der Waals surface area contributed by atoms with E-state index in [0.717, 1.165) is 33.5 Å². The minimum absolute atomic E-state index is 0.638. The van der Waals surface area contributed by atoms with Gasteiger partial charge in [-0.15, -0.1) is 0 Å². The average Bonchev–Trinajstić information content (AvgIpc) is 3.25. The molecule has 3 heteroatoms. The molecule has 6 aromatic rings. The predicted molar refractivity (Wildman–Crippen MR) is 133 cm³/mol. The molecular weight excluding hydrogens is 392 g/mol. The van der Waals surface area contributed by atoms with Crippen molar-refractivity contribution in [1.29, 1.82) is 0 Å². The Morgan fingerprint density at radius 3 is 2.19 bits per heavy atom. The number of fused-ring (bicyclic) bond motifs is 3. The zero-order chi connectivity index (χ0) is 21.5. The van der Waals surface area contributed by atoms with Crippen LogP contribution in [0.25, 0.3) is 44.1 Å². The molecule has 152 valence electrons. The lowest BCUT2D eigenvalue weighted by atomic mass is 9.97. The summed E-state index contributed by atoms with van der Waals surface area (Å²) in [5, 5.41) is 4.81. The van der Waals surface area contributed by atoms with E-state index in [1.54, 1.807) is 0 Å². The van der Waals surface area contributed by atoms with Crippen molar-refractivity contribution in [1.82, 2.24) is 4.98 Å². The molecule has 0 aliphatic heterocycles. The first-order chi connectivity index (χ1) is 15.8. The maximum atomic E-state index is 6.01. The van der Waals surface area contributed by atoms with Gasteiger partial charge in [0.05, 0.1) is 5.69 Å².